The normalized spacial score (nSPS) is 21.6. The summed E-state index contributed by atoms with van der Waals surface area (Å²) in [4.78, 5) is 0. The van der Waals surface area contributed by atoms with Crippen LogP contribution in [0.3, 0.4) is 0 Å². The molecule has 1 unspecified atom stereocenters. The second-order valence-corrected chi connectivity index (χ2v) is 2.10. The standard InChI is InChI=1S/C3H6O3S.K/c4-7(5)6-3-1-2-3;/h3H,1-2H2,(H,4,5);/q;+1/p-1. The van der Waals surface area contributed by atoms with E-state index in [9.17, 15) is 8.76 Å². The Morgan fingerprint density at radius 3 is 2.25 bits per heavy atom. The van der Waals surface area contributed by atoms with Crippen molar-refractivity contribution in [3.63, 3.8) is 0 Å². The third kappa shape index (κ3) is 4.57. The first kappa shape index (κ1) is 9.71. The summed E-state index contributed by atoms with van der Waals surface area (Å²) in [6.07, 6.45) is 1.81. The number of hydrogen-bond acceptors (Lipinski definition) is 3. The Labute approximate surface area is 93.1 Å². The molecule has 1 aliphatic rings. The van der Waals surface area contributed by atoms with Gasteiger partial charge in [0.15, 0.2) is 0 Å². The Morgan fingerprint density at radius 2 is 2.12 bits per heavy atom. The van der Waals surface area contributed by atoms with Gasteiger partial charge in [-0.05, 0) is 12.8 Å². The maximum Gasteiger partial charge on any atom is 1.00 e. The van der Waals surface area contributed by atoms with Gasteiger partial charge in [0.25, 0.3) is 0 Å². The molecule has 1 rings (SSSR count). The van der Waals surface area contributed by atoms with Crippen LogP contribution in [0.4, 0.5) is 0 Å². The van der Waals surface area contributed by atoms with E-state index in [1.807, 2.05) is 0 Å². The van der Waals surface area contributed by atoms with Gasteiger partial charge < -0.3 is 4.55 Å². The fourth-order valence-corrected chi connectivity index (χ4v) is 0.690. The quantitative estimate of drug-likeness (QED) is 0.319. The van der Waals surface area contributed by atoms with Gasteiger partial charge in [0, 0.05) is 0 Å². The molecule has 0 aromatic rings. The molecule has 0 aromatic heterocycles. The van der Waals surface area contributed by atoms with Crippen LogP contribution in [0.25, 0.3) is 0 Å². The summed E-state index contributed by atoms with van der Waals surface area (Å²) >= 11 is -2.28. The van der Waals surface area contributed by atoms with E-state index >= 15 is 0 Å². The Hall–Kier alpha value is 1.71. The summed E-state index contributed by atoms with van der Waals surface area (Å²) in [5.41, 5.74) is 0. The summed E-state index contributed by atoms with van der Waals surface area (Å²) in [5.74, 6) is 0. The molecule has 42 valence electrons. The minimum Gasteiger partial charge on any atom is -0.750 e. The SMILES string of the molecule is O=S([O-])OC1CC1.[K+]. The van der Waals surface area contributed by atoms with Gasteiger partial charge in [0.2, 0.25) is 0 Å². The van der Waals surface area contributed by atoms with Gasteiger partial charge in [-0.15, -0.1) is 0 Å². The first-order chi connectivity index (χ1) is 3.29. The van der Waals surface area contributed by atoms with Crippen LogP contribution in [0.5, 0.6) is 0 Å². The van der Waals surface area contributed by atoms with Crippen LogP contribution in [0.2, 0.25) is 0 Å². The van der Waals surface area contributed by atoms with E-state index in [4.69, 9.17) is 0 Å². The van der Waals surface area contributed by atoms with E-state index in [-0.39, 0.29) is 57.5 Å². The second kappa shape index (κ2) is 4.51. The molecular formula is C3H5KO3S. The van der Waals surface area contributed by atoms with Crippen molar-refractivity contribution in [2.45, 2.75) is 18.9 Å². The van der Waals surface area contributed by atoms with Crippen LogP contribution in [0.15, 0.2) is 0 Å². The molecule has 1 fully saturated rings. The molecule has 1 saturated carbocycles. The van der Waals surface area contributed by atoms with Crippen LogP contribution >= 0.6 is 0 Å². The topological polar surface area (TPSA) is 49.4 Å². The smallest absolute Gasteiger partial charge is 0.750 e. The van der Waals surface area contributed by atoms with Gasteiger partial charge in [-0.25, -0.2) is 4.21 Å². The predicted octanol–water partition coefficient (Wildman–Crippen LogP) is -3.04. The van der Waals surface area contributed by atoms with E-state index in [0.717, 1.165) is 12.8 Å². The molecule has 0 bridgehead atoms. The third-order valence-electron chi connectivity index (χ3n) is 0.739. The molecular weight excluding hydrogens is 155 g/mol. The number of rotatable bonds is 2. The third-order valence-corrected chi connectivity index (χ3v) is 1.17. The van der Waals surface area contributed by atoms with Crippen molar-refractivity contribution in [2.24, 2.45) is 0 Å². The van der Waals surface area contributed by atoms with Gasteiger partial charge in [0.05, 0.1) is 17.5 Å². The zero-order valence-corrected chi connectivity index (χ0v) is 8.56. The number of hydrogen-bond donors (Lipinski definition) is 0. The molecule has 0 aromatic carbocycles. The minimum absolute atomic E-state index is 0. The molecule has 5 heteroatoms. The monoisotopic (exact) mass is 160 g/mol. The molecule has 1 aliphatic carbocycles. The van der Waals surface area contributed by atoms with Crippen molar-refractivity contribution in [1.82, 2.24) is 0 Å². The maximum absolute atomic E-state index is 9.63. The zero-order chi connectivity index (χ0) is 5.28. The summed E-state index contributed by atoms with van der Waals surface area (Å²) in [6.45, 7) is 0. The van der Waals surface area contributed by atoms with Crippen molar-refractivity contribution < 1.29 is 64.3 Å². The van der Waals surface area contributed by atoms with E-state index in [1.54, 1.807) is 0 Å². The average Bonchev–Trinajstić information content (AvgIpc) is 2.17. The fraction of sp³-hybridized carbons (Fsp3) is 1.00. The van der Waals surface area contributed by atoms with Crippen LogP contribution in [-0.4, -0.2) is 14.9 Å². The first-order valence-electron chi connectivity index (χ1n) is 2.05. The molecule has 0 amide bonds. The molecule has 3 nitrogen and oxygen atoms in total. The Kier molecular flexibility index (Phi) is 5.47. The second-order valence-electron chi connectivity index (χ2n) is 1.50. The van der Waals surface area contributed by atoms with Crippen molar-refractivity contribution in [3.8, 4) is 0 Å². The molecule has 0 N–H and O–H groups in total. The average molecular weight is 160 g/mol. The van der Waals surface area contributed by atoms with Crippen LogP contribution < -0.4 is 51.4 Å². The van der Waals surface area contributed by atoms with Crippen molar-refractivity contribution >= 4 is 11.4 Å². The molecule has 0 radical (unpaired) electrons. The van der Waals surface area contributed by atoms with Gasteiger partial charge in [-0.2, -0.15) is 0 Å². The minimum atomic E-state index is -2.28. The summed E-state index contributed by atoms with van der Waals surface area (Å²) in [5, 5.41) is 0. The van der Waals surface area contributed by atoms with Crippen molar-refractivity contribution in [2.75, 3.05) is 0 Å². The fourth-order valence-electron chi connectivity index (χ4n) is 0.275. The molecule has 1 atom stereocenters. The van der Waals surface area contributed by atoms with E-state index in [0.29, 0.717) is 0 Å². The van der Waals surface area contributed by atoms with Gasteiger partial charge >= 0.3 is 51.4 Å². The molecule has 0 heterocycles. The molecule has 0 spiro atoms. The first-order valence-corrected chi connectivity index (χ1v) is 3.05. The molecule has 0 saturated heterocycles. The van der Waals surface area contributed by atoms with Gasteiger partial charge in [0.1, 0.15) is 0 Å². The van der Waals surface area contributed by atoms with Crippen LogP contribution in [-0.2, 0) is 15.5 Å². The largest absolute Gasteiger partial charge is 1.00 e. The maximum atomic E-state index is 9.63. The Morgan fingerprint density at radius 1 is 1.62 bits per heavy atom. The predicted molar refractivity (Wildman–Crippen MR) is 23.0 cm³/mol. The van der Waals surface area contributed by atoms with Crippen LogP contribution in [0, 0.1) is 0 Å². The van der Waals surface area contributed by atoms with E-state index in [2.05, 4.69) is 4.18 Å². The van der Waals surface area contributed by atoms with E-state index < -0.39 is 11.4 Å². The summed E-state index contributed by atoms with van der Waals surface area (Å²) < 4.78 is 23.5. The molecule has 8 heavy (non-hydrogen) atoms. The zero-order valence-electron chi connectivity index (χ0n) is 4.62. The Balaban J connectivity index is 0.000000490. The summed E-state index contributed by atoms with van der Waals surface area (Å²) in [6, 6.07) is 0. The van der Waals surface area contributed by atoms with Gasteiger partial charge in [-0.1, -0.05) is 0 Å². The Bertz CT molecular complexity index is 92.5. The summed E-state index contributed by atoms with van der Waals surface area (Å²) in [7, 11) is 0. The van der Waals surface area contributed by atoms with E-state index in [1.165, 1.54) is 0 Å². The van der Waals surface area contributed by atoms with Crippen LogP contribution in [0.1, 0.15) is 12.8 Å². The van der Waals surface area contributed by atoms with Crippen molar-refractivity contribution in [3.05, 3.63) is 0 Å². The molecule has 0 aliphatic heterocycles. The van der Waals surface area contributed by atoms with Crippen molar-refractivity contribution in [1.29, 1.82) is 0 Å². The van der Waals surface area contributed by atoms with Gasteiger partial charge in [-0.3, -0.25) is 4.18 Å².